The van der Waals surface area contributed by atoms with Crippen LogP contribution in [-0.2, 0) is 14.3 Å². The van der Waals surface area contributed by atoms with Gasteiger partial charge in [0.1, 0.15) is 0 Å². The highest BCUT2D eigenvalue weighted by molar-refractivity contribution is 7.86. The van der Waals surface area contributed by atoms with Gasteiger partial charge in [0.05, 0.1) is 11.0 Å². The second-order valence-corrected chi connectivity index (χ2v) is 8.32. The van der Waals surface area contributed by atoms with Crippen molar-refractivity contribution < 1.29 is 12.6 Å². The van der Waals surface area contributed by atoms with Crippen LogP contribution in [0.25, 0.3) is 0 Å². The summed E-state index contributed by atoms with van der Waals surface area (Å²) < 4.78 is 30.1. The summed E-state index contributed by atoms with van der Waals surface area (Å²) in [7, 11) is -3.67. The Kier molecular flexibility index (Phi) is 4.76. The van der Waals surface area contributed by atoms with Gasteiger partial charge in [-0.2, -0.15) is 8.42 Å². The number of piperidine rings is 1. The zero-order valence-electron chi connectivity index (χ0n) is 13.3. The molecule has 0 bridgehead atoms. The lowest BCUT2D eigenvalue weighted by Gasteiger charge is -2.41. The first-order valence-corrected chi connectivity index (χ1v) is 8.84. The molecule has 5 heteroatoms. The average Bonchev–Trinajstić information content (AvgIpc) is 2.38. The number of nitrogens with zero attached hydrogens (tertiary/aromatic N) is 1. The van der Waals surface area contributed by atoms with Crippen LogP contribution in [0.15, 0.2) is 29.2 Å². The molecule has 1 heterocycles. The quantitative estimate of drug-likeness (QED) is 0.805. The zero-order chi connectivity index (χ0) is 15.7. The smallest absolute Gasteiger partial charge is 0.296 e. The molecule has 0 amide bonds. The maximum Gasteiger partial charge on any atom is 0.297 e. The fourth-order valence-corrected chi connectivity index (χ4v) is 3.66. The minimum Gasteiger partial charge on any atom is -0.296 e. The molecular formula is C16H25NO3S. The number of hydrogen-bond acceptors (Lipinski definition) is 4. The molecule has 118 valence electrons. The Morgan fingerprint density at radius 1 is 1.19 bits per heavy atom. The van der Waals surface area contributed by atoms with E-state index in [0.29, 0.717) is 6.54 Å². The fourth-order valence-electron chi connectivity index (χ4n) is 2.57. The highest BCUT2D eigenvalue weighted by atomic mass is 32.2. The van der Waals surface area contributed by atoms with Crippen molar-refractivity contribution in [1.82, 2.24) is 4.90 Å². The van der Waals surface area contributed by atoms with Gasteiger partial charge in [-0.1, -0.05) is 17.7 Å². The molecule has 1 aliphatic rings. The maximum absolute atomic E-state index is 12.3. The number of hydrogen-bond donors (Lipinski definition) is 0. The Morgan fingerprint density at radius 3 is 2.38 bits per heavy atom. The van der Waals surface area contributed by atoms with Crippen LogP contribution in [0.1, 0.15) is 39.2 Å². The monoisotopic (exact) mass is 311 g/mol. The lowest BCUT2D eigenvalue weighted by molar-refractivity contribution is 0.0376. The number of likely N-dealkylation sites (tertiary alicyclic amines) is 1. The highest BCUT2D eigenvalue weighted by Gasteiger charge is 2.31. The van der Waals surface area contributed by atoms with Crippen LogP contribution in [0.5, 0.6) is 0 Å². The van der Waals surface area contributed by atoms with Crippen molar-refractivity contribution in [3.63, 3.8) is 0 Å². The van der Waals surface area contributed by atoms with E-state index in [1.807, 2.05) is 6.92 Å². The third-order valence-electron chi connectivity index (χ3n) is 3.90. The van der Waals surface area contributed by atoms with Crippen molar-refractivity contribution in [3.05, 3.63) is 29.8 Å². The molecule has 0 radical (unpaired) electrons. The maximum atomic E-state index is 12.3. The van der Waals surface area contributed by atoms with Crippen LogP contribution in [0.2, 0.25) is 0 Å². The van der Waals surface area contributed by atoms with Crippen LogP contribution in [-0.4, -0.2) is 38.1 Å². The summed E-state index contributed by atoms with van der Waals surface area (Å²) in [5.74, 6) is 0. The molecule has 1 unspecified atom stereocenters. The molecule has 0 saturated carbocycles. The molecule has 1 saturated heterocycles. The predicted octanol–water partition coefficient (Wildman–Crippen LogP) is 2.96. The predicted molar refractivity (Wildman–Crippen MR) is 83.8 cm³/mol. The average molecular weight is 311 g/mol. The van der Waals surface area contributed by atoms with Gasteiger partial charge in [0.2, 0.25) is 0 Å². The van der Waals surface area contributed by atoms with Crippen molar-refractivity contribution in [1.29, 1.82) is 0 Å². The van der Waals surface area contributed by atoms with Crippen molar-refractivity contribution in [3.8, 4) is 0 Å². The van der Waals surface area contributed by atoms with Gasteiger partial charge in [-0.05, 0) is 59.2 Å². The van der Waals surface area contributed by atoms with E-state index < -0.39 is 10.1 Å². The van der Waals surface area contributed by atoms with E-state index in [1.165, 1.54) is 0 Å². The minimum absolute atomic E-state index is 0.0374. The van der Waals surface area contributed by atoms with Gasteiger partial charge in [0.25, 0.3) is 10.1 Å². The van der Waals surface area contributed by atoms with Crippen LogP contribution in [0.3, 0.4) is 0 Å². The van der Waals surface area contributed by atoms with E-state index in [-0.39, 0.29) is 16.5 Å². The van der Waals surface area contributed by atoms with Crippen LogP contribution in [0, 0.1) is 6.92 Å². The van der Waals surface area contributed by atoms with E-state index in [1.54, 1.807) is 24.3 Å². The Hall–Kier alpha value is -0.910. The third kappa shape index (κ3) is 4.28. The van der Waals surface area contributed by atoms with Crippen LogP contribution >= 0.6 is 0 Å². The molecule has 0 aromatic heterocycles. The van der Waals surface area contributed by atoms with Gasteiger partial charge in [-0.3, -0.25) is 9.08 Å². The molecule has 1 fully saturated rings. The lowest BCUT2D eigenvalue weighted by atomic mass is 10.00. The second-order valence-electron chi connectivity index (χ2n) is 6.74. The van der Waals surface area contributed by atoms with Gasteiger partial charge in [-0.15, -0.1) is 0 Å². The van der Waals surface area contributed by atoms with E-state index in [2.05, 4.69) is 25.7 Å². The summed E-state index contributed by atoms with van der Waals surface area (Å²) in [4.78, 5) is 2.52. The Labute approximate surface area is 128 Å². The Morgan fingerprint density at radius 2 is 1.81 bits per heavy atom. The zero-order valence-corrected chi connectivity index (χ0v) is 14.1. The topological polar surface area (TPSA) is 46.6 Å². The lowest BCUT2D eigenvalue weighted by Crippen LogP contribution is -2.49. The largest absolute Gasteiger partial charge is 0.297 e. The third-order valence-corrected chi connectivity index (χ3v) is 5.27. The van der Waals surface area contributed by atoms with Gasteiger partial charge in [0.15, 0.2) is 0 Å². The molecule has 21 heavy (non-hydrogen) atoms. The first kappa shape index (κ1) is 16.5. The SMILES string of the molecule is Cc1ccc(S(=O)(=O)OC2CCCN(C(C)(C)C)C2)cc1. The molecule has 2 rings (SSSR count). The number of benzene rings is 1. The molecule has 1 aliphatic heterocycles. The number of aryl methyl sites for hydroxylation is 1. The van der Waals surface area contributed by atoms with Gasteiger partial charge in [-0.25, -0.2) is 0 Å². The summed E-state index contributed by atoms with van der Waals surface area (Å²) in [5.41, 5.74) is 1.07. The highest BCUT2D eigenvalue weighted by Crippen LogP contribution is 2.24. The molecule has 4 nitrogen and oxygen atoms in total. The van der Waals surface area contributed by atoms with Gasteiger partial charge in [0, 0.05) is 12.1 Å². The molecular weight excluding hydrogens is 286 g/mol. The van der Waals surface area contributed by atoms with Crippen LogP contribution in [0.4, 0.5) is 0 Å². The van der Waals surface area contributed by atoms with Crippen molar-refractivity contribution >= 4 is 10.1 Å². The molecule has 0 N–H and O–H groups in total. The van der Waals surface area contributed by atoms with Crippen molar-refractivity contribution in [2.45, 2.75) is 57.1 Å². The first-order chi connectivity index (χ1) is 9.68. The van der Waals surface area contributed by atoms with E-state index in [4.69, 9.17) is 4.18 Å². The minimum atomic E-state index is -3.67. The summed E-state index contributed by atoms with van der Waals surface area (Å²) >= 11 is 0. The van der Waals surface area contributed by atoms with Crippen molar-refractivity contribution in [2.75, 3.05) is 13.1 Å². The first-order valence-electron chi connectivity index (χ1n) is 7.43. The number of rotatable bonds is 3. The molecule has 0 spiro atoms. The van der Waals surface area contributed by atoms with Crippen LogP contribution < -0.4 is 0 Å². The summed E-state index contributed by atoms with van der Waals surface area (Å²) in [5, 5.41) is 0. The van der Waals surface area contributed by atoms with Gasteiger partial charge >= 0.3 is 0 Å². The normalized spacial score (nSPS) is 21.4. The summed E-state index contributed by atoms with van der Waals surface area (Å²) in [6.07, 6.45) is 1.49. The summed E-state index contributed by atoms with van der Waals surface area (Å²) in [6, 6.07) is 6.79. The molecule has 1 atom stereocenters. The molecule has 1 aromatic carbocycles. The van der Waals surface area contributed by atoms with E-state index in [0.717, 1.165) is 24.9 Å². The Balaban J connectivity index is 2.08. The van der Waals surface area contributed by atoms with Crippen molar-refractivity contribution in [2.24, 2.45) is 0 Å². The summed E-state index contributed by atoms with van der Waals surface area (Å²) in [6.45, 7) is 10.0. The Bertz CT molecular complexity index is 573. The standard InChI is InChI=1S/C16H25NO3S/c1-13-7-9-15(10-8-13)21(18,19)20-14-6-5-11-17(12-14)16(2,3)4/h7-10,14H,5-6,11-12H2,1-4H3. The van der Waals surface area contributed by atoms with E-state index >= 15 is 0 Å². The van der Waals surface area contributed by atoms with E-state index in [9.17, 15) is 8.42 Å². The molecule has 0 aliphatic carbocycles. The second kappa shape index (κ2) is 6.07. The van der Waals surface area contributed by atoms with Gasteiger partial charge < -0.3 is 0 Å². The molecule has 1 aromatic rings. The fraction of sp³-hybridized carbons (Fsp3) is 0.625.